The molecule has 6 heteroatoms. The number of nitro groups is 1. The third-order valence-electron chi connectivity index (χ3n) is 5.25. The molecule has 28 heavy (non-hydrogen) atoms. The minimum atomic E-state index is -0.407. The zero-order chi connectivity index (χ0) is 19.9. The van der Waals surface area contributed by atoms with E-state index >= 15 is 0 Å². The summed E-state index contributed by atoms with van der Waals surface area (Å²) in [5.74, 6) is 0.153. The molecule has 0 radical (unpaired) electrons. The van der Waals surface area contributed by atoms with Crippen LogP contribution >= 0.6 is 0 Å². The van der Waals surface area contributed by atoms with Gasteiger partial charge in [0, 0.05) is 54.2 Å². The minimum absolute atomic E-state index is 0.0621. The lowest BCUT2D eigenvalue weighted by molar-refractivity contribution is -0.384. The van der Waals surface area contributed by atoms with Crippen LogP contribution in [0.4, 0.5) is 5.69 Å². The first-order valence-electron chi connectivity index (χ1n) is 9.25. The van der Waals surface area contributed by atoms with Gasteiger partial charge in [0.2, 0.25) is 0 Å². The fourth-order valence-electron chi connectivity index (χ4n) is 4.01. The van der Waals surface area contributed by atoms with Gasteiger partial charge >= 0.3 is 0 Å². The molecular formula is C22H21N3O3. The van der Waals surface area contributed by atoms with Crippen LogP contribution in [-0.4, -0.2) is 20.7 Å². The molecule has 0 amide bonds. The van der Waals surface area contributed by atoms with Crippen LogP contribution in [0, 0.1) is 15.5 Å². The SMILES string of the molecule is CC1(C)CC(=O)c2c([nH]c(-c3ccncc3)c2Cc2ccc([N+](=O)[O-])cc2)C1. The van der Waals surface area contributed by atoms with Gasteiger partial charge in [0.05, 0.1) is 10.6 Å². The molecule has 1 aliphatic rings. The molecule has 0 saturated carbocycles. The second-order valence-electron chi connectivity index (χ2n) is 8.11. The lowest BCUT2D eigenvalue weighted by Crippen LogP contribution is -2.27. The van der Waals surface area contributed by atoms with E-state index in [1.54, 1.807) is 24.5 Å². The van der Waals surface area contributed by atoms with E-state index in [0.717, 1.165) is 40.1 Å². The standard InChI is InChI=1S/C22H21N3O3/c1-22(2)12-18-20(19(26)13-22)17(21(24-18)15-7-9-23-10-8-15)11-14-3-5-16(6-4-14)25(27)28/h3-10,24H,11-13H2,1-2H3. The number of hydrogen-bond acceptors (Lipinski definition) is 4. The smallest absolute Gasteiger partial charge is 0.269 e. The second kappa shape index (κ2) is 6.71. The lowest BCUT2D eigenvalue weighted by atomic mass is 9.75. The molecule has 0 saturated heterocycles. The first-order valence-corrected chi connectivity index (χ1v) is 9.25. The Labute approximate surface area is 162 Å². The van der Waals surface area contributed by atoms with E-state index in [-0.39, 0.29) is 16.9 Å². The summed E-state index contributed by atoms with van der Waals surface area (Å²) in [5, 5.41) is 10.9. The number of rotatable bonds is 4. The molecule has 142 valence electrons. The van der Waals surface area contributed by atoms with Crippen LogP contribution in [0.5, 0.6) is 0 Å². The number of H-pyrrole nitrogens is 1. The average molecular weight is 375 g/mol. The highest BCUT2D eigenvalue weighted by molar-refractivity contribution is 6.02. The Balaban J connectivity index is 1.81. The summed E-state index contributed by atoms with van der Waals surface area (Å²) in [7, 11) is 0. The summed E-state index contributed by atoms with van der Waals surface area (Å²) >= 11 is 0. The monoisotopic (exact) mass is 375 g/mol. The van der Waals surface area contributed by atoms with Gasteiger partial charge in [-0.1, -0.05) is 26.0 Å². The van der Waals surface area contributed by atoms with Gasteiger partial charge in [-0.2, -0.15) is 0 Å². The number of nitrogens with one attached hydrogen (secondary N) is 1. The van der Waals surface area contributed by atoms with Crippen molar-refractivity contribution in [2.24, 2.45) is 5.41 Å². The molecule has 0 unspecified atom stereocenters. The summed E-state index contributed by atoms with van der Waals surface area (Å²) < 4.78 is 0. The Morgan fingerprint density at radius 1 is 1.11 bits per heavy atom. The molecule has 3 aromatic rings. The number of non-ortho nitro benzene ring substituents is 1. The van der Waals surface area contributed by atoms with Gasteiger partial charge in [0.25, 0.3) is 5.69 Å². The zero-order valence-electron chi connectivity index (χ0n) is 15.9. The Morgan fingerprint density at radius 2 is 1.79 bits per heavy atom. The Hall–Kier alpha value is -3.28. The number of nitrogens with zero attached hydrogens (tertiary/aromatic N) is 2. The molecule has 0 bridgehead atoms. The van der Waals surface area contributed by atoms with Crippen molar-refractivity contribution >= 4 is 11.5 Å². The van der Waals surface area contributed by atoms with E-state index in [1.165, 1.54) is 12.1 Å². The number of carbonyl (C=O) groups is 1. The summed E-state index contributed by atoms with van der Waals surface area (Å²) in [4.78, 5) is 31.1. The van der Waals surface area contributed by atoms with Crippen molar-refractivity contribution in [2.45, 2.75) is 33.1 Å². The molecule has 1 aromatic carbocycles. The van der Waals surface area contributed by atoms with Crippen molar-refractivity contribution in [3.8, 4) is 11.3 Å². The summed E-state index contributed by atoms with van der Waals surface area (Å²) in [6.07, 6.45) is 5.33. The number of carbonyl (C=O) groups excluding carboxylic acids is 1. The van der Waals surface area contributed by atoms with E-state index < -0.39 is 4.92 Å². The van der Waals surface area contributed by atoms with Crippen molar-refractivity contribution in [1.82, 2.24) is 9.97 Å². The molecule has 4 rings (SSSR count). The number of fused-ring (bicyclic) bond motifs is 1. The number of benzene rings is 1. The summed E-state index contributed by atoms with van der Waals surface area (Å²) in [5.41, 5.74) is 5.54. The maximum Gasteiger partial charge on any atom is 0.269 e. The molecule has 2 heterocycles. The highest BCUT2D eigenvalue weighted by Gasteiger charge is 2.35. The topological polar surface area (TPSA) is 88.9 Å². The molecule has 0 aliphatic heterocycles. The van der Waals surface area contributed by atoms with Gasteiger partial charge in [-0.05, 0) is 35.1 Å². The first kappa shape index (κ1) is 18.1. The van der Waals surface area contributed by atoms with E-state index in [1.807, 2.05) is 12.1 Å². The molecule has 1 aliphatic carbocycles. The number of aromatic nitrogens is 2. The number of ketones is 1. The van der Waals surface area contributed by atoms with E-state index in [0.29, 0.717) is 12.8 Å². The molecule has 2 aromatic heterocycles. The zero-order valence-corrected chi connectivity index (χ0v) is 15.9. The quantitative estimate of drug-likeness (QED) is 0.527. The van der Waals surface area contributed by atoms with E-state index in [4.69, 9.17) is 0 Å². The van der Waals surface area contributed by atoms with Gasteiger partial charge < -0.3 is 4.98 Å². The highest BCUT2D eigenvalue weighted by Crippen LogP contribution is 2.40. The molecule has 0 fully saturated rings. The number of pyridine rings is 1. The summed E-state index contributed by atoms with van der Waals surface area (Å²) in [6.45, 7) is 4.22. The Morgan fingerprint density at radius 3 is 2.43 bits per heavy atom. The molecule has 1 N–H and O–H groups in total. The van der Waals surface area contributed by atoms with Gasteiger partial charge in [0.1, 0.15) is 0 Å². The number of Topliss-reactive ketones (excluding diaryl/α,β-unsaturated/α-hetero) is 1. The van der Waals surface area contributed by atoms with Crippen LogP contribution in [0.2, 0.25) is 0 Å². The largest absolute Gasteiger partial charge is 0.358 e. The minimum Gasteiger partial charge on any atom is -0.358 e. The van der Waals surface area contributed by atoms with Gasteiger partial charge in [-0.3, -0.25) is 19.9 Å². The third kappa shape index (κ3) is 3.33. The molecule has 6 nitrogen and oxygen atoms in total. The molecule has 0 atom stereocenters. The highest BCUT2D eigenvalue weighted by atomic mass is 16.6. The Kier molecular flexibility index (Phi) is 4.34. The molecular weight excluding hydrogens is 354 g/mol. The van der Waals surface area contributed by atoms with Gasteiger partial charge in [-0.15, -0.1) is 0 Å². The average Bonchev–Trinajstić information content (AvgIpc) is 3.00. The predicted molar refractivity (Wildman–Crippen MR) is 106 cm³/mol. The summed E-state index contributed by atoms with van der Waals surface area (Å²) in [6, 6.07) is 10.4. The maximum absolute atomic E-state index is 13.0. The van der Waals surface area contributed by atoms with E-state index in [9.17, 15) is 14.9 Å². The fraction of sp³-hybridized carbons (Fsp3) is 0.273. The van der Waals surface area contributed by atoms with Crippen LogP contribution in [-0.2, 0) is 12.8 Å². The van der Waals surface area contributed by atoms with E-state index in [2.05, 4.69) is 23.8 Å². The predicted octanol–water partition coefficient (Wildman–Crippen LogP) is 4.73. The van der Waals surface area contributed by atoms with Crippen LogP contribution in [0.25, 0.3) is 11.3 Å². The van der Waals surface area contributed by atoms with Crippen LogP contribution in [0.1, 0.15) is 47.4 Å². The molecule has 0 spiro atoms. The third-order valence-corrected chi connectivity index (χ3v) is 5.25. The number of nitro benzene ring substituents is 1. The van der Waals surface area contributed by atoms with Crippen molar-refractivity contribution in [1.29, 1.82) is 0 Å². The normalized spacial score (nSPS) is 15.3. The fourth-order valence-corrected chi connectivity index (χ4v) is 4.01. The van der Waals surface area contributed by atoms with Crippen molar-refractivity contribution in [3.63, 3.8) is 0 Å². The number of aromatic amines is 1. The van der Waals surface area contributed by atoms with Crippen LogP contribution < -0.4 is 0 Å². The lowest BCUT2D eigenvalue weighted by Gasteiger charge is -2.28. The van der Waals surface area contributed by atoms with Crippen molar-refractivity contribution < 1.29 is 9.72 Å². The number of hydrogen-bond donors (Lipinski definition) is 1. The van der Waals surface area contributed by atoms with Crippen LogP contribution in [0.15, 0.2) is 48.8 Å². The first-order chi connectivity index (χ1) is 13.3. The van der Waals surface area contributed by atoms with Crippen molar-refractivity contribution in [3.05, 3.63) is 81.3 Å². The van der Waals surface area contributed by atoms with Gasteiger partial charge in [0.15, 0.2) is 5.78 Å². The van der Waals surface area contributed by atoms with Crippen molar-refractivity contribution in [2.75, 3.05) is 0 Å². The van der Waals surface area contributed by atoms with Crippen LogP contribution in [0.3, 0.4) is 0 Å². The Bertz CT molecular complexity index is 1050. The maximum atomic E-state index is 13.0. The van der Waals surface area contributed by atoms with Gasteiger partial charge in [-0.25, -0.2) is 0 Å². The second-order valence-corrected chi connectivity index (χ2v) is 8.11.